The minimum Gasteiger partial charge on any atom is -0.379 e. The number of benzene rings is 2. The lowest BCUT2D eigenvalue weighted by Gasteiger charge is -2.27. The zero-order valence-electron chi connectivity index (χ0n) is 16.0. The topological polar surface area (TPSA) is 79.0 Å². The predicted molar refractivity (Wildman–Crippen MR) is 115 cm³/mol. The summed E-state index contributed by atoms with van der Waals surface area (Å²) in [6, 6.07) is 15.0. The van der Waals surface area contributed by atoms with Gasteiger partial charge in [-0.3, -0.25) is 14.0 Å². The van der Waals surface area contributed by atoms with Crippen molar-refractivity contribution in [1.82, 2.24) is 10.2 Å². The van der Waals surface area contributed by atoms with Crippen LogP contribution in [-0.2, 0) is 19.6 Å². The average Bonchev–Trinajstić information content (AvgIpc) is 2.74. The van der Waals surface area contributed by atoms with Gasteiger partial charge in [0, 0.05) is 30.7 Å². The number of rotatable bonds is 8. The third-order valence-electron chi connectivity index (χ3n) is 4.59. The highest BCUT2D eigenvalue weighted by atomic mass is 79.9. The first-order valence-corrected chi connectivity index (χ1v) is 11.6. The average molecular weight is 482 g/mol. The molecule has 0 saturated carbocycles. The first kappa shape index (κ1) is 21.8. The smallest absolute Gasteiger partial charge is 0.264 e. The second-order valence-electron chi connectivity index (χ2n) is 6.61. The maximum absolute atomic E-state index is 13.2. The van der Waals surface area contributed by atoms with Crippen LogP contribution in [0, 0.1) is 0 Å². The molecule has 1 fully saturated rings. The van der Waals surface area contributed by atoms with E-state index in [1.165, 1.54) is 12.1 Å². The number of nitrogens with zero attached hydrogens (tertiary/aromatic N) is 2. The molecule has 2 aromatic carbocycles. The maximum Gasteiger partial charge on any atom is 0.264 e. The third kappa shape index (κ3) is 6.02. The molecule has 0 bridgehead atoms. The van der Waals surface area contributed by atoms with E-state index >= 15 is 0 Å². The Labute approximate surface area is 179 Å². The Bertz CT molecular complexity index is 901. The predicted octanol–water partition coefficient (Wildman–Crippen LogP) is 2.09. The molecule has 0 spiro atoms. The highest BCUT2D eigenvalue weighted by Gasteiger charge is 2.27. The fourth-order valence-electron chi connectivity index (χ4n) is 3.01. The first-order chi connectivity index (χ1) is 14.0. The van der Waals surface area contributed by atoms with Gasteiger partial charge in [-0.2, -0.15) is 0 Å². The Morgan fingerprint density at radius 3 is 2.38 bits per heavy atom. The number of hydrogen-bond acceptors (Lipinski definition) is 5. The van der Waals surface area contributed by atoms with Gasteiger partial charge >= 0.3 is 0 Å². The number of ether oxygens (including phenoxy) is 1. The van der Waals surface area contributed by atoms with Crippen LogP contribution < -0.4 is 9.62 Å². The number of anilines is 1. The van der Waals surface area contributed by atoms with Gasteiger partial charge in [-0.05, 0) is 36.4 Å². The van der Waals surface area contributed by atoms with Crippen molar-refractivity contribution in [3.8, 4) is 0 Å². The molecule has 29 heavy (non-hydrogen) atoms. The Hall–Kier alpha value is -1.94. The molecule has 3 rings (SSSR count). The summed E-state index contributed by atoms with van der Waals surface area (Å²) in [6.07, 6.45) is 0. The highest BCUT2D eigenvalue weighted by molar-refractivity contribution is 9.10. The summed E-state index contributed by atoms with van der Waals surface area (Å²) in [6.45, 7) is 3.94. The van der Waals surface area contributed by atoms with Crippen LogP contribution in [0.5, 0.6) is 0 Å². The van der Waals surface area contributed by atoms with Crippen molar-refractivity contribution in [1.29, 1.82) is 0 Å². The summed E-state index contributed by atoms with van der Waals surface area (Å²) in [5, 5.41) is 2.83. The van der Waals surface area contributed by atoms with E-state index in [2.05, 4.69) is 26.1 Å². The van der Waals surface area contributed by atoms with E-state index in [1.54, 1.807) is 42.5 Å². The Balaban J connectivity index is 1.71. The number of nitrogens with one attached hydrogen (secondary N) is 1. The molecule has 156 valence electrons. The van der Waals surface area contributed by atoms with Gasteiger partial charge in [0.2, 0.25) is 5.91 Å². The second-order valence-corrected chi connectivity index (χ2v) is 9.38. The summed E-state index contributed by atoms with van der Waals surface area (Å²) in [7, 11) is -3.88. The van der Waals surface area contributed by atoms with E-state index in [0.717, 1.165) is 21.9 Å². The highest BCUT2D eigenvalue weighted by Crippen LogP contribution is 2.25. The molecule has 1 heterocycles. The third-order valence-corrected chi connectivity index (χ3v) is 6.90. The summed E-state index contributed by atoms with van der Waals surface area (Å²) in [5.74, 6) is -0.347. The van der Waals surface area contributed by atoms with Crippen molar-refractivity contribution in [2.75, 3.05) is 50.2 Å². The van der Waals surface area contributed by atoms with Crippen LogP contribution in [0.1, 0.15) is 0 Å². The molecular formula is C20H24BrN3O4S. The number of morpholine rings is 1. The number of amides is 1. The van der Waals surface area contributed by atoms with Crippen LogP contribution in [0.3, 0.4) is 0 Å². The second kappa shape index (κ2) is 10.2. The molecule has 1 N–H and O–H groups in total. The lowest BCUT2D eigenvalue weighted by atomic mass is 10.3. The van der Waals surface area contributed by atoms with Crippen LogP contribution >= 0.6 is 15.9 Å². The first-order valence-electron chi connectivity index (χ1n) is 9.37. The lowest BCUT2D eigenvalue weighted by Crippen LogP contribution is -2.44. The fraction of sp³-hybridized carbons (Fsp3) is 0.350. The van der Waals surface area contributed by atoms with Crippen molar-refractivity contribution in [3.05, 3.63) is 59.1 Å². The summed E-state index contributed by atoms with van der Waals surface area (Å²) in [5.41, 5.74) is 0.431. The van der Waals surface area contributed by atoms with Crippen LogP contribution in [0.15, 0.2) is 64.0 Å². The van der Waals surface area contributed by atoms with Crippen molar-refractivity contribution in [3.63, 3.8) is 0 Å². The van der Waals surface area contributed by atoms with Crippen LogP contribution in [0.25, 0.3) is 0 Å². The van der Waals surface area contributed by atoms with Gasteiger partial charge in [0.05, 0.1) is 23.8 Å². The number of carbonyl (C=O) groups excluding carboxylic acids is 1. The molecule has 9 heteroatoms. The molecular weight excluding hydrogens is 458 g/mol. The minimum absolute atomic E-state index is 0.143. The SMILES string of the molecule is O=C(CN(c1ccc(Br)cc1)S(=O)(=O)c1ccccc1)NCCN1CCOCC1. The zero-order chi connectivity index (χ0) is 20.7. The van der Waals surface area contributed by atoms with E-state index in [0.29, 0.717) is 32.0 Å². The summed E-state index contributed by atoms with van der Waals surface area (Å²) >= 11 is 3.35. The number of carbonyl (C=O) groups is 1. The lowest BCUT2D eigenvalue weighted by molar-refractivity contribution is -0.119. The number of hydrogen-bond donors (Lipinski definition) is 1. The quantitative estimate of drug-likeness (QED) is 0.624. The van der Waals surface area contributed by atoms with Crippen molar-refractivity contribution < 1.29 is 17.9 Å². The normalized spacial score (nSPS) is 15.1. The summed E-state index contributed by atoms with van der Waals surface area (Å²) < 4.78 is 33.6. The molecule has 1 aliphatic rings. The van der Waals surface area contributed by atoms with Gasteiger partial charge in [0.1, 0.15) is 6.54 Å². The van der Waals surface area contributed by atoms with Crippen LogP contribution in [0.2, 0.25) is 0 Å². The molecule has 1 aliphatic heterocycles. The molecule has 0 aromatic heterocycles. The standard InChI is InChI=1S/C20H24BrN3O4S/c21-17-6-8-18(9-7-17)24(29(26,27)19-4-2-1-3-5-19)16-20(25)22-10-11-23-12-14-28-15-13-23/h1-9H,10-16H2,(H,22,25). The minimum atomic E-state index is -3.88. The maximum atomic E-state index is 13.2. The van der Waals surface area contributed by atoms with Crippen LogP contribution in [0.4, 0.5) is 5.69 Å². The number of sulfonamides is 1. The molecule has 0 aliphatic carbocycles. The monoisotopic (exact) mass is 481 g/mol. The van der Waals surface area contributed by atoms with Gasteiger partial charge in [-0.15, -0.1) is 0 Å². The molecule has 1 amide bonds. The van der Waals surface area contributed by atoms with Gasteiger partial charge < -0.3 is 10.1 Å². The molecule has 0 atom stereocenters. The molecule has 0 radical (unpaired) electrons. The van der Waals surface area contributed by atoms with Gasteiger partial charge in [-0.25, -0.2) is 8.42 Å². The van der Waals surface area contributed by atoms with Gasteiger partial charge in [0.15, 0.2) is 0 Å². The molecule has 2 aromatic rings. The van der Waals surface area contributed by atoms with Gasteiger partial charge in [0.25, 0.3) is 10.0 Å². The largest absolute Gasteiger partial charge is 0.379 e. The van der Waals surface area contributed by atoms with E-state index < -0.39 is 10.0 Å². The van der Waals surface area contributed by atoms with E-state index in [1.807, 2.05) is 0 Å². The van der Waals surface area contributed by atoms with Gasteiger partial charge in [-0.1, -0.05) is 34.1 Å². The molecule has 0 unspecified atom stereocenters. The zero-order valence-corrected chi connectivity index (χ0v) is 18.4. The summed E-state index contributed by atoms with van der Waals surface area (Å²) in [4.78, 5) is 14.9. The van der Waals surface area contributed by atoms with Crippen molar-refractivity contribution in [2.45, 2.75) is 4.90 Å². The van der Waals surface area contributed by atoms with E-state index in [-0.39, 0.29) is 17.3 Å². The Morgan fingerprint density at radius 2 is 1.72 bits per heavy atom. The van der Waals surface area contributed by atoms with Crippen molar-refractivity contribution >= 4 is 37.5 Å². The Morgan fingerprint density at radius 1 is 1.07 bits per heavy atom. The Kier molecular flexibility index (Phi) is 7.65. The van der Waals surface area contributed by atoms with Crippen LogP contribution in [-0.4, -0.2) is 65.2 Å². The number of halogens is 1. The van der Waals surface area contributed by atoms with Crippen molar-refractivity contribution in [2.24, 2.45) is 0 Å². The molecule has 7 nitrogen and oxygen atoms in total. The van der Waals surface area contributed by atoms with E-state index in [4.69, 9.17) is 4.74 Å². The molecule has 1 saturated heterocycles. The fourth-order valence-corrected chi connectivity index (χ4v) is 4.71. The van der Waals surface area contributed by atoms with E-state index in [9.17, 15) is 13.2 Å².